The van der Waals surface area contributed by atoms with Crippen molar-refractivity contribution in [2.75, 3.05) is 6.54 Å². The molecule has 2 aliphatic rings. The average molecular weight is 426 g/mol. The molecule has 1 aromatic carbocycles. The van der Waals surface area contributed by atoms with Crippen LogP contribution in [0.2, 0.25) is 0 Å². The molecule has 1 aliphatic carbocycles. The minimum absolute atomic E-state index is 0.0995. The maximum absolute atomic E-state index is 13.3. The van der Waals surface area contributed by atoms with E-state index in [-0.39, 0.29) is 17.8 Å². The van der Waals surface area contributed by atoms with Gasteiger partial charge in [-0.3, -0.25) is 9.69 Å². The highest BCUT2D eigenvalue weighted by atomic mass is 32.1. The average Bonchev–Trinajstić information content (AvgIpc) is 3.44. The number of halogens is 1. The Labute approximate surface area is 178 Å². The van der Waals surface area contributed by atoms with E-state index in [1.54, 1.807) is 0 Å². The second kappa shape index (κ2) is 7.67. The molecule has 3 heterocycles. The summed E-state index contributed by atoms with van der Waals surface area (Å²) >= 11 is 1.36. The minimum Gasteiger partial charge on any atom is -0.323 e. The molecule has 8 heteroatoms. The lowest BCUT2D eigenvalue weighted by molar-refractivity contribution is -0.118. The Balaban J connectivity index is 1.54. The maximum atomic E-state index is 13.3. The molecule has 0 N–H and O–H groups in total. The molecule has 5 rings (SSSR count). The Morgan fingerprint density at radius 3 is 2.67 bits per heavy atom. The van der Waals surface area contributed by atoms with Crippen LogP contribution in [-0.4, -0.2) is 36.1 Å². The normalized spacial score (nSPS) is 21.9. The van der Waals surface area contributed by atoms with Gasteiger partial charge in [0.25, 0.3) is 0 Å². The number of aromatic nitrogens is 4. The summed E-state index contributed by atoms with van der Waals surface area (Å²) in [6.45, 7) is 6.42. The zero-order valence-corrected chi connectivity index (χ0v) is 18.0. The van der Waals surface area contributed by atoms with Crippen LogP contribution >= 0.6 is 11.5 Å². The standard InChI is InChI=1S/C22H24FN5OS/c1-13-20-19(17-4-3-5-18(17)29)25-21(22-24-14(2)26-30-22)28(20)11-10-27(13)12-15-6-8-16(23)9-7-15/h6-9,13,17H,3-5,10-12H2,1-2H3/t13-,17+/m1/s1. The molecule has 1 aliphatic heterocycles. The Bertz CT molecular complexity index is 1090. The van der Waals surface area contributed by atoms with E-state index in [0.29, 0.717) is 12.2 Å². The van der Waals surface area contributed by atoms with Crippen LogP contribution < -0.4 is 0 Å². The molecule has 2 atom stereocenters. The van der Waals surface area contributed by atoms with Crippen molar-refractivity contribution in [2.45, 2.75) is 58.2 Å². The first kappa shape index (κ1) is 19.5. The monoisotopic (exact) mass is 425 g/mol. The number of carbonyl (C=O) groups is 1. The minimum atomic E-state index is -0.220. The molecule has 6 nitrogen and oxygen atoms in total. The fraction of sp³-hybridized carbons (Fsp3) is 0.455. The first-order valence-electron chi connectivity index (χ1n) is 10.4. The third-order valence-electron chi connectivity index (χ3n) is 6.24. The van der Waals surface area contributed by atoms with Gasteiger partial charge in [0.1, 0.15) is 17.4 Å². The molecule has 1 fully saturated rings. The first-order chi connectivity index (χ1) is 14.5. The molecule has 0 amide bonds. The number of hydrogen-bond donors (Lipinski definition) is 0. The Morgan fingerprint density at radius 1 is 1.20 bits per heavy atom. The lowest BCUT2D eigenvalue weighted by Gasteiger charge is -2.36. The second-order valence-corrected chi connectivity index (χ2v) is 8.94. The third kappa shape index (κ3) is 3.37. The van der Waals surface area contributed by atoms with Crippen LogP contribution in [-0.2, 0) is 17.9 Å². The fourth-order valence-corrected chi connectivity index (χ4v) is 5.37. The molecular weight excluding hydrogens is 401 g/mol. The van der Waals surface area contributed by atoms with Gasteiger partial charge in [0.15, 0.2) is 10.8 Å². The van der Waals surface area contributed by atoms with Crippen LogP contribution in [0.15, 0.2) is 24.3 Å². The summed E-state index contributed by atoms with van der Waals surface area (Å²) in [4.78, 5) is 24.5. The molecule has 3 aromatic rings. The second-order valence-electron chi connectivity index (χ2n) is 8.19. The summed E-state index contributed by atoms with van der Waals surface area (Å²) < 4.78 is 19.9. The van der Waals surface area contributed by atoms with Crippen LogP contribution in [0.25, 0.3) is 10.8 Å². The van der Waals surface area contributed by atoms with Crippen molar-refractivity contribution in [1.29, 1.82) is 0 Å². The number of rotatable bonds is 4. The summed E-state index contributed by atoms with van der Waals surface area (Å²) in [6, 6.07) is 6.79. The van der Waals surface area contributed by atoms with Crippen molar-refractivity contribution in [3.8, 4) is 10.8 Å². The summed E-state index contributed by atoms with van der Waals surface area (Å²) in [6.07, 6.45) is 2.43. The Hall–Kier alpha value is -2.45. The van der Waals surface area contributed by atoms with Crippen LogP contribution in [0.4, 0.5) is 4.39 Å². The zero-order chi connectivity index (χ0) is 20.8. The van der Waals surface area contributed by atoms with E-state index < -0.39 is 0 Å². The van der Waals surface area contributed by atoms with Crippen molar-refractivity contribution < 1.29 is 9.18 Å². The SMILES string of the molecule is Cc1nsc(-c2nc([C@H]3CCCC3=O)c3n2CCN(Cc2ccc(F)cc2)[C@@H]3C)n1. The summed E-state index contributed by atoms with van der Waals surface area (Å²) in [5.74, 6) is 1.52. The van der Waals surface area contributed by atoms with E-state index >= 15 is 0 Å². The first-order valence-corrected chi connectivity index (χ1v) is 11.2. The highest BCUT2D eigenvalue weighted by molar-refractivity contribution is 7.09. The van der Waals surface area contributed by atoms with Gasteiger partial charge in [-0.15, -0.1) is 0 Å². The van der Waals surface area contributed by atoms with Crippen LogP contribution in [0.5, 0.6) is 0 Å². The summed E-state index contributed by atoms with van der Waals surface area (Å²) in [5, 5.41) is 0.810. The van der Waals surface area contributed by atoms with Crippen LogP contribution in [0, 0.1) is 12.7 Å². The number of nitrogens with zero attached hydrogens (tertiary/aromatic N) is 5. The molecular formula is C22H24FN5OS. The largest absolute Gasteiger partial charge is 0.323 e. The molecule has 0 unspecified atom stereocenters. The van der Waals surface area contributed by atoms with Gasteiger partial charge in [-0.2, -0.15) is 4.37 Å². The predicted octanol–water partition coefficient (Wildman–Crippen LogP) is 4.26. The quantitative estimate of drug-likeness (QED) is 0.625. The summed E-state index contributed by atoms with van der Waals surface area (Å²) in [5.41, 5.74) is 3.11. The Kier molecular flexibility index (Phi) is 4.99. The van der Waals surface area contributed by atoms with Crippen molar-refractivity contribution in [3.63, 3.8) is 0 Å². The van der Waals surface area contributed by atoms with Gasteiger partial charge in [0.05, 0.1) is 17.3 Å². The van der Waals surface area contributed by atoms with Gasteiger partial charge in [-0.25, -0.2) is 14.4 Å². The molecule has 0 radical (unpaired) electrons. The lowest BCUT2D eigenvalue weighted by atomic mass is 9.97. The predicted molar refractivity (Wildman–Crippen MR) is 113 cm³/mol. The van der Waals surface area contributed by atoms with Crippen molar-refractivity contribution in [1.82, 2.24) is 23.8 Å². The maximum Gasteiger partial charge on any atom is 0.179 e. The molecule has 0 saturated heterocycles. The van der Waals surface area contributed by atoms with Crippen LogP contribution in [0.3, 0.4) is 0 Å². The number of fused-ring (bicyclic) bond motifs is 1. The number of Topliss-reactive ketones (excluding diaryl/α,β-unsaturated/α-hetero) is 1. The van der Waals surface area contributed by atoms with Gasteiger partial charge in [0.2, 0.25) is 0 Å². The van der Waals surface area contributed by atoms with Crippen LogP contribution in [0.1, 0.15) is 60.9 Å². The molecule has 2 aromatic heterocycles. The smallest absolute Gasteiger partial charge is 0.179 e. The van der Waals surface area contributed by atoms with E-state index in [2.05, 4.69) is 25.7 Å². The van der Waals surface area contributed by atoms with E-state index in [9.17, 15) is 9.18 Å². The number of hydrogen-bond acceptors (Lipinski definition) is 6. The van der Waals surface area contributed by atoms with Gasteiger partial charge < -0.3 is 4.57 Å². The highest BCUT2D eigenvalue weighted by Crippen LogP contribution is 2.41. The molecule has 30 heavy (non-hydrogen) atoms. The van der Waals surface area contributed by atoms with Crippen molar-refractivity contribution in [2.24, 2.45) is 0 Å². The molecule has 156 valence electrons. The highest BCUT2D eigenvalue weighted by Gasteiger charge is 2.37. The Morgan fingerprint density at radius 2 is 2.00 bits per heavy atom. The summed E-state index contributed by atoms with van der Waals surface area (Å²) in [7, 11) is 0. The fourth-order valence-electron chi connectivity index (χ4n) is 4.70. The number of carbonyl (C=O) groups excluding carboxylic acids is 1. The topological polar surface area (TPSA) is 63.9 Å². The zero-order valence-electron chi connectivity index (χ0n) is 17.1. The van der Waals surface area contributed by atoms with E-state index in [1.165, 1.54) is 23.7 Å². The third-order valence-corrected chi connectivity index (χ3v) is 7.04. The van der Waals surface area contributed by atoms with E-state index in [1.807, 2.05) is 19.1 Å². The van der Waals surface area contributed by atoms with Gasteiger partial charge in [0, 0.05) is 32.1 Å². The number of ketones is 1. The number of aryl methyl sites for hydroxylation is 1. The molecule has 1 saturated carbocycles. The van der Waals surface area contributed by atoms with Gasteiger partial charge in [-0.05, 0) is 55.9 Å². The van der Waals surface area contributed by atoms with E-state index in [0.717, 1.165) is 66.1 Å². The molecule has 0 spiro atoms. The molecule has 0 bridgehead atoms. The number of benzene rings is 1. The van der Waals surface area contributed by atoms with E-state index in [4.69, 9.17) is 4.98 Å². The van der Waals surface area contributed by atoms with Crippen molar-refractivity contribution in [3.05, 3.63) is 52.9 Å². The van der Waals surface area contributed by atoms with Gasteiger partial charge in [-0.1, -0.05) is 12.1 Å². The number of imidazole rings is 1. The lowest BCUT2D eigenvalue weighted by Crippen LogP contribution is -2.37. The van der Waals surface area contributed by atoms with Crippen molar-refractivity contribution >= 4 is 17.3 Å². The van der Waals surface area contributed by atoms with Gasteiger partial charge >= 0.3 is 0 Å².